The van der Waals surface area contributed by atoms with Gasteiger partial charge in [0.15, 0.2) is 0 Å². The summed E-state index contributed by atoms with van der Waals surface area (Å²) in [5.41, 5.74) is 2.17. The Labute approximate surface area is 122 Å². The third-order valence-corrected chi connectivity index (χ3v) is 2.78. The predicted octanol–water partition coefficient (Wildman–Crippen LogP) is 0.249. The largest absolute Gasteiger partial charge is 0.480 e. The summed E-state index contributed by atoms with van der Waals surface area (Å²) in [6.07, 6.45) is 0.872. The normalized spacial score (nSPS) is 9.76. The Bertz CT molecular complexity index is 517. The zero-order valence-corrected chi connectivity index (χ0v) is 11.8. The average molecular weight is 293 g/mol. The summed E-state index contributed by atoms with van der Waals surface area (Å²) in [6, 6.07) is 7.28. The number of benzene rings is 1. The fourth-order valence-electron chi connectivity index (χ4n) is 1.71. The number of rotatable bonds is 7. The molecule has 1 rings (SSSR count). The molecule has 3 amide bonds. The van der Waals surface area contributed by atoms with Gasteiger partial charge in [-0.3, -0.25) is 9.59 Å². The van der Waals surface area contributed by atoms with Gasteiger partial charge < -0.3 is 21.1 Å². The van der Waals surface area contributed by atoms with Crippen LogP contribution in [0.2, 0.25) is 0 Å². The molecule has 0 aliphatic carbocycles. The fraction of sp³-hybridized carbons (Fsp3) is 0.357. The minimum atomic E-state index is -1.14. The van der Waals surface area contributed by atoms with Crippen molar-refractivity contribution in [2.75, 3.05) is 13.1 Å². The molecule has 1 aromatic carbocycles. The van der Waals surface area contributed by atoms with E-state index in [2.05, 4.69) is 16.0 Å². The number of carboxylic acid groups (broad SMARTS) is 1. The lowest BCUT2D eigenvalue weighted by molar-refractivity contribution is -0.137. The minimum absolute atomic E-state index is 0.269. The fourth-order valence-corrected chi connectivity index (χ4v) is 1.71. The van der Waals surface area contributed by atoms with Crippen molar-refractivity contribution >= 4 is 17.9 Å². The van der Waals surface area contributed by atoms with E-state index in [1.807, 2.05) is 31.2 Å². The molecule has 0 spiro atoms. The van der Waals surface area contributed by atoms with Crippen molar-refractivity contribution in [3.05, 3.63) is 35.4 Å². The van der Waals surface area contributed by atoms with Crippen molar-refractivity contribution in [1.82, 2.24) is 16.0 Å². The summed E-state index contributed by atoms with van der Waals surface area (Å²) in [7, 11) is 0. The van der Waals surface area contributed by atoms with Crippen LogP contribution in [-0.2, 0) is 22.6 Å². The van der Waals surface area contributed by atoms with Crippen molar-refractivity contribution in [1.29, 1.82) is 0 Å². The molecule has 0 saturated carbocycles. The van der Waals surface area contributed by atoms with Gasteiger partial charge in [0.2, 0.25) is 5.91 Å². The molecule has 7 heteroatoms. The van der Waals surface area contributed by atoms with Gasteiger partial charge in [-0.05, 0) is 17.5 Å². The SMILES string of the molecule is CCc1ccccc1CNC(=O)NCC(=O)NCC(=O)O. The summed E-state index contributed by atoms with van der Waals surface area (Å²) >= 11 is 0. The van der Waals surface area contributed by atoms with Crippen LogP contribution in [0.5, 0.6) is 0 Å². The van der Waals surface area contributed by atoms with E-state index in [0.29, 0.717) is 6.54 Å². The molecule has 0 aliphatic heterocycles. The second-order valence-corrected chi connectivity index (χ2v) is 4.33. The monoisotopic (exact) mass is 293 g/mol. The van der Waals surface area contributed by atoms with E-state index < -0.39 is 24.5 Å². The first-order valence-electron chi connectivity index (χ1n) is 6.60. The number of aryl methyl sites for hydroxylation is 1. The highest BCUT2D eigenvalue weighted by molar-refractivity contribution is 5.86. The van der Waals surface area contributed by atoms with Gasteiger partial charge in [0, 0.05) is 6.54 Å². The topological polar surface area (TPSA) is 108 Å². The van der Waals surface area contributed by atoms with Gasteiger partial charge in [-0.25, -0.2) is 4.79 Å². The molecule has 114 valence electrons. The van der Waals surface area contributed by atoms with Crippen LogP contribution < -0.4 is 16.0 Å². The molecule has 0 heterocycles. The van der Waals surface area contributed by atoms with Gasteiger partial charge in [-0.15, -0.1) is 0 Å². The van der Waals surface area contributed by atoms with E-state index in [0.717, 1.165) is 17.5 Å². The number of carbonyl (C=O) groups excluding carboxylic acids is 2. The molecule has 0 saturated heterocycles. The second-order valence-electron chi connectivity index (χ2n) is 4.33. The van der Waals surface area contributed by atoms with Crippen LogP contribution in [0, 0.1) is 0 Å². The van der Waals surface area contributed by atoms with Crippen molar-refractivity contribution in [2.45, 2.75) is 19.9 Å². The van der Waals surface area contributed by atoms with E-state index in [9.17, 15) is 14.4 Å². The summed E-state index contributed by atoms with van der Waals surface area (Å²) in [6.45, 7) is 1.67. The van der Waals surface area contributed by atoms with Crippen LogP contribution in [0.25, 0.3) is 0 Å². The van der Waals surface area contributed by atoms with E-state index in [1.165, 1.54) is 0 Å². The average Bonchev–Trinajstić information content (AvgIpc) is 2.49. The Kier molecular flexibility index (Phi) is 6.73. The van der Waals surface area contributed by atoms with Crippen LogP contribution in [0.4, 0.5) is 4.79 Å². The minimum Gasteiger partial charge on any atom is -0.480 e. The molecule has 4 N–H and O–H groups in total. The molecule has 21 heavy (non-hydrogen) atoms. The zero-order chi connectivity index (χ0) is 15.7. The molecular formula is C14H19N3O4. The Balaban J connectivity index is 2.31. The summed E-state index contributed by atoms with van der Waals surface area (Å²) < 4.78 is 0. The molecule has 1 aromatic rings. The maximum atomic E-state index is 11.5. The second kappa shape index (κ2) is 8.57. The number of urea groups is 1. The number of aliphatic carboxylic acids is 1. The Morgan fingerprint density at radius 3 is 2.29 bits per heavy atom. The Morgan fingerprint density at radius 1 is 1.00 bits per heavy atom. The van der Waals surface area contributed by atoms with Gasteiger partial charge >= 0.3 is 12.0 Å². The lowest BCUT2D eigenvalue weighted by Gasteiger charge is -2.10. The number of hydrogen-bond acceptors (Lipinski definition) is 3. The summed E-state index contributed by atoms with van der Waals surface area (Å²) in [5, 5.41) is 15.5. The first-order valence-corrected chi connectivity index (χ1v) is 6.60. The Hall–Kier alpha value is -2.57. The highest BCUT2D eigenvalue weighted by Gasteiger charge is 2.07. The van der Waals surface area contributed by atoms with Gasteiger partial charge in [0.1, 0.15) is 6.54 Å². The van der Waals surface area contributed by atoms with E-state index in [1.54, 1.807) is 0 Å². The highest BCUT2D eigenvalue weighted by atomic mass is 16.4. The number of carboxylic acids is 1. The standard InChI is InChI=1S/C14H19N3O4/c1-2-10-5-3-4-6-11(10)7-16-14(21)17-8-12(18)15-9-13(19)20/h3-6H,2,7-9H2,1H3,(H,15,18)(H,19,20)(H2,16,17,21). The molecular weight excluding hydrogens is 274 g/mol. The predicted molar refractivity (Wildman–Crippen MR) is 76.7 cm³/mol. The number of carbonyl (C=O) groups is 3. The molecule has 0 fully saturated rings. The molecule has 0 radical (unpaired) electrons. The maximum Gasteiger partial charge on any atom is 0.322 e. The summed E-state index contributed by atoms with van der Waals surface area (Å²) in [4.78, 5) is 33.0. The first-order chi connectivity index (χ1) is 10.0. The molecule has 0 aliphatic rings. The number of hydrogen-bond donors (Lipinski definition) is 4. The first kappa shape index (κ1) is 16.5. The number of nitrogens with one attached hydrogen (secondary N) is 3. The zero-order valence-electron chi connectivity index (χ0n) is 11.8. The van der Waals surface area contributed by atoms with Crippen LogP contribution in [0.15, 0.2) is 24.3 Å². The highest BCUT2D eigenvalue weighted by Crippen LogP contribution is 2.08. The van der Waals surface area contributed by atoms with E-state index >= 15 is 0 Å². The van der Waals surface area contributed by atoms with Crippen molar-refractivity contribution < 1.29 is 19.5 Å². The molecule has 0 bridgehead atoms. The van der Waals surface area contributed by atoms with Gasteiger partial charge in [-0.2, -0.15) is 0 Å². The van der Waals surface area contributed by atoms with Crippen molar-refractivity contribution in [2.24, 2.45) is 0 Å². The lowest BCUT2D eigenvalue weighted by Crippen LogP contribution is -2.42. The van der Waals surface area contributed by atoms with Crippen LogP contribution >= 0.6 is 0 Å². The van der Waals surface area contributed by atoms with Crippen LogP contribution in [0.3, 0.4) is 0 Å². The number of amides is 3. The molecule has 7 nitrogen and oxygen atoms in total. The molecule has 0 aromatic heterocycles. The van der Waals surface area contributed by atoms with Gasteiger partial charge in [-0.1, -0.05) is 31.2 Å². The third-order valence-electron chi connectivity index (χ3n) is 2.78. The molecule has 0 atom stereocenters. The van der Waals surface area contributed by atoms with Crippen LogP contribution in [-0.4, -0.2) is 36.1 Å². The third kappa shape index (κ3) is 6.42. The van der Waals surface area contributed by atoms with Crippen molar-refractivity contribution in [3.8, 4) is 0 Å². The lowest BCUT2D eigenvalue weighted by atomic mass is 10.1. The van der Waals surface area contributed by atoms with Crippen molar-refractivity contribution in [3.63, 3.8) is 0 Å². The van der Waals surface area contributed by atoms with Crippen LogP contribution in [0.1, 0.15) is 18.1 Å². The van der Waals surface area contributed by atoms with E-state index in [-0.39, 0.29) is 6.54 Å². The van der Waals surface area contributed by atoms with Gasteiger partial charge in [0.25, 0.3) is 0 Å². The summed E-state index contributed by atoms with van der Waals surface area (Å²) in [5.74, 6) is -1.69. The maximum absolute atomic E-state index is 11.5. The Morgan fingerprint density at radius 2 is 1.67 bits per heavy atom. The smallest absolute Gasteiger partial charge is 0.322 e. The molecule has 0 unspecified atom stereocenters. The quantitative estimate of drug-likeness (QED) is 0.578. The van der Waals surface area contributed by atoms with Gasteiger partial charge in [0.05, 0.1) is 6.54 Å². The van der Waals surface area contributed by atoms with E-state index in [4.69, 9.17) is 5.11 Å².